The van der Waals surface area contributed by atoms with Crippen LogP contribution in [0.15, 0.2) is 28.7 Å². The molecular formula is C15H15FO3. The number of para-hydroxylation sites is 1. The Morgan fingerprint density at radius 3 is 2.74 bits per heavy atom. The Kier molecular flexibility index (Phi) is 2.90. The van der Waals surface area contributed by atoms with Crippen LogP contribution in [0, 0.1) is 5.82 Å². The number of ether oxygens (including phenoxy) is 1. The van der Waals surface area contributed by atoms with E-state index < -0.39 is 11.4 Å². The van der Waals surface area contributed by atoms with Gasteiger partial charge in [0.15, 0.2) is 17.2 Å². The van der Waals surface area contributed by atoms with E-state index in [1.165, 1.54) is 6.07 Å². The number of hydrogen-bond acceptors (Lipinski definition) is 3. The Bertz CT molecular complexity index is 623. The Morgan fingerprint density at radius 1 is 1.37 bits per heavy atom. The number of carbonyl (C=O) groups excluding carboxylic acids is 1. The van der Waals surface area contributed by atoms with Crippen LogP contribution >= 0.6 is 0 Å². The summed E-state index contributed by atoms with van der Waals surface area (Å²) >= 11 is 0. The number of benzene rings is 1. The zero-order valence-electron chi connectivity index (χ0n) is 10.7. The molecule has 0 atom stereocenters. The Morgan fingerprint density at radius 2 is 2.11 bits per heavy atom. The van der Waals surface area contributed by atoms with E-state index in [0.717, 1.165) is 12.8 Å². The largest absolute Gasteiger partial charge is 0.450 e. The van der Waals surface area contributed by atoms with Gasteiger partial charge in [-0.2, -0.15) is 0 Å². The topological polar surface area (TPSA) is 39.4 Å². The summed E-state index contributed by atoms with van der Waals surface area (Å²) in [7, 11) is 1.55. The predicted molar refractivity (Wildman–Crippen MR) is 68.7 cm³/mol. The minimum absolute atomic E-state index is 0.134. The molecule has 1 aliphatic carbocycles. The van der Waals surface area contributed by atoms with Crippen molar-refractivity contribution >= 4 is 16.8 Å². The molecule has 1 aliphatic rings. The molecule has 0 amide bonds. The van der Waals surface area contributed by atoms with Gasteiger partial charge >= 0.3 is 0 Å². The predicted octanol–water partition coefficient (Wildman–Crippen LogP) is 3.71. The standard InChI is InChI=1S/C15H15FO3/c1-18-15(7-2-3-8-15)14(17)12-9-10-5-4-6-11(16)13(10)19-12/h4-6,9H,2-3,7-8H2,1H3. The summed E-state index contributed by atoms with van der Waals surface area (Å²) in [6.45, 7) is 0. The van der Waals surface area contributed by atoms with Crippen LogP contribution in [0.1, 0.15) is 36.2 Å². The lowest BCUT2D eigenvalue weighted by atomic mass is 9.94. The molecule has 1 saturated carbocycles. The third-order valence-corrected chi connectivity index (χ3v) is 3.94. The van der Waals surface area contributed by atoms with Crippen LogP contribution in [0.4, 0.5) is 4.39 Å². The third kappa shape index (κ3) is 1.87. The van der Waals surface area contributed by atoms with Gasteiger partial charge in [0.25, 0.3) is 0 Å². The number of carbonyl (C=O) groups is 1. The molecule has 3 nitrogen and oxygen atoms in total. The van der Waals surface area contributed by atoms with E-state index in [1.807, 2.05) is 0 Å². The lowest BCUT2D eigenvalue weighted by Crippen LogP contribution is -2.37. The highest BCUT2D eigenvalue weighted by atomic mass is 19.1. The van der Waals surface area contributed by atoms with Gasteiger partial charge in [0.05, 0.1) is 0 Å². The van der Waals surface area contributed by atoms with Gasteiger partial charge in [0.1, 0.15) is 5.60 Å². The molecule has 0 unspecified atom stereocenters. The molecule has 0 aliphatic heterocycles. The molecule has 2 aromatic rings. The average Bonchev–Trinajstić information content (AvgIpc) is 3.06. The van der Waals surface area contributed by atoms with Gasteiger partial charge in [-0.15, -0.1) is 0 Å². The van der Waals surface area contributed by atoms with Crippen molar-refractivity contribution in [2.45, 2.75) is 31.3 Å². The van der Waals surface area contributed by atoms with Crippen molar-refractivity contribution in [2.75, 3.05) is 7.11 Å². The Balaban J connectivity index is 2.04. The van der Waals surface area contributed by atoms with Gasteiger partial charge in [0.2, 0.25) is 5.78 Å². The fourth-order valence-electron chi connectivity index (χ4n) is 2.83. The van der Waals surface area contributed by atoms with Gasteiger partial charge in [-0.1, -0.05) is 12.1 Å². The average molecular weight is 262 g/mol. The Hall–Kier alpha value is -1.68. The number of methoxy groups -OCH3 is 1. The van der Waals surface area contributed by atoms with Crippen LogP contribution in [0.3, 0.4) is 0 Å². The van der Waals surface area contributed by atoms with Crippen molar-refractivity contribution in [3.8, 4) is 0 Å². The first-order valence-corrected chi connectivity index (χ1v) is 6.44. The second-order valence-electron chi connectivity index (χ2n) is 5.00. The van der Waals surface area contributed by atoms with Gasteiger partial charge in [-0.3, -0.25) is 4.79 Å². The van der Waals surface area contributed by atoms with Gasteiger partial charge < -0.3 is 9.15 Å². The van der Waals surface area contributed by atoms with Crippen molar-refractivity contribution in [2.24, 2.45) is 0 Å². The second-order valence-corrected chi connectivity index (χ2v) is 5.00. The highest BCUT2D eigenvalue weighted by molar-refractivity contribution is 6.03. The van der Waals surface area contributed by atoms with Crippen LogP contribution in [0.2, 0.25) is 0 Å². The van der Waals surface area contributed by atoms with E-state index in [2.05, 4.69) is 0 Å². The molecule has 4 heteroatoms. The molecule has 1 fully saturated rings. The molecule has 1 heterocycles. The van der Waals surface area contributed by atoms with Crippen LogP contribution in [-0.2, 0) is 4.74 Å². The van der Waals surface area contributed by atoms with Gasteiger partial charge in [0, 0.05) is 12.5 Å². The Labute approximate surface area is 110 Å². The maximum absolute atomic E-state index is 13.6. The maximum atomic E-state index is 13.6. The monoisotopic (exact) mass is 262 g/mol. The molecular weight excluding hydrogens is 247 g/mol. The van der Waals surface area contributed by atoms with E-state index in [9.17, 15) is 9.18 Å². The van der Waals surface area contributed by atoms with Crippen LogP contribution < -0.4 is 0 Å². The molecule has 0 bridgehead atoms. The molecule has 0 saturated heterocycles. The smallest absolute Gasteiger partial charge is 0.229 e. The normalized spacial score (nSPS) is 18.0. The highest BCUT2D eigenvalue weighted by Gasteiger charge is 2.43. The third-order valence-electron chi connectivity index (χ3n) is 3.94. The van der Waals surface area contributed by atoms with Crippen LogP contribution in [0.5, 0.6) is 0 Å². The number of ketones is 1. The van der Waals surface area contributed by atoms with Crippen molar-refractivity contribution in [1.29, 1.82) is 0 Å². The summed E-state index contributed by atoms with van der Waals surface area (Å²) in [6, 6.07) is 6.25. The zero-order valence-corrected chi connectivity index (χ0v) is 10.7. The van der Waals surface area contributed by atoms with E-state index in [0.29, 0.717) is 18.2 Å². The molecule has 0 radical (unpaired) electrons. The van der Waals surface area contributed by atoms with E-state index in [4.69, 9.17) is 9.15 Å². The minimum atomic E-state index is -0.787. The minimum Gasteiger partial charge on any atom is -0.450 e. The maximum Gasteiger partial charge on any atom is 0.229 e. The number of rotatable bonds is 3. The first-order chi connectivity index (χ1) is 9.16. The lowest BCUT2D eigenvalue weighted by Gasteiger charge is -2.24. The number of halogens is 1. The summed E-state index contributed by atoms with van der Waals surface area (Å²) in [4.78, 5) is 12.5. The summed E-state index contributed by atoms with van der Waals surface area (Å²) < 4.78 is 24.4. The first-order valence-electron chi connectivity index (χ1n) is 6.44. The highest BCUT2D eigenvalue weighted by Crippen LogP contribution is 2.36. The SMILES string of the molecule is COC1(C(=O)c2cc3cccc(F)c3o2)CCCC1. The second kappa shape index (κ2) is 4.46. The summed E-state index contributed by atoms with van der Waals surface area (Å²) in [6.07, 6.45) is 3.33. The zero-order chi connectivity index (χ0) is 13.5. The lowest BCUT2D eigenvalue weighted by molar-refractivity contribution is 0.00401. The number of Topliss-reactive ketones (excluding diaryl/α,β-unsaturated/α-hetero) is 1. The van der Waals surface area contributed by atoms with E-state index >= 15 is 0 Å². The molecule has 19 heavy (non-hydrogen) atoms. The van der Waals surface area contributed by atoms with Crippen LogP contribution in [-0.4, -0.2) is 18.5 Å². The molecule has 1 aromatic heterocycles. The molecule has 1 aromatic carbocycles. The number of hydrogen-bond donors (Lipinski definition) is 0. The molecule has 3 rings (SSSR count). The summed E-state index contributed by atoms with van der Waals surface area (Å²) in [5.74, 6) is -0.443. The first kappa shape index (κ1) is 12.4. The fourth-order valence-corrected chi connectivity index (χ4v) is 2.83. The fraction of sp³-hybridized carbons (Fsp3) is 0.400. The van der Waals surface area contributed by atoms with Crippen LogP contribution in [0.25, 0.3) is 11.0 Å². The quantitative estimate of drug-likeness (QED) is 0.791. The molecule has 0 spiro atoms. The molecule has 100 valence electrons. The summed E-state index contributed by atoms with van der Waals surface area (Å²) in [5.41, 5.74) is -0.653. The van der Waals surface area contributed by atoms with E-state index in [1.54, 1.807) is 25.3 Å². The van der Waals surface area contributed by atoms with Crippen molar-refractivity contribution < 1.29 is 18.3 Å². The van der Waals surface area contributed by atoms with Crippen molar-refractivity contribution in [3.63, 3.8) is 0 Å². The van der Waals surface area contributed by atoms with E-state index in [-0.39, 0.29) is 17.1 Å². The summed E-state index contributed by atoms with van der Waals surface area (Å²) in [5, 5.41) is 0.604. The number of fused-ring (bicyclic) bond motifs is 1. The molecule has 0 N–H and O–H groups in total. The number of furan rings is 1. The van der Waals surface area contributed by atoms with Gasteiger partial charge in [-0.05, 0) is 37.8 Å². The van der Waals surface area contributed by atoms with Crippen molar-refractivity contribution in [1.82, 2.24) is 0 Å². The van der Waals surface area contributed by atoms with Gasteiger partial charge in [-0.25, -0.2) is 4.39 Å². The van der Waals surface area contributed by atoms with Crippen molar-refractivity contribution in [3.05, 3.63) is 35.8 Å².